The van der Waals surface area contributed by atoms with Crippen LogP contribution in [0.2, 0.25) is 0 Å². The summed E-state index contributed by atoms with van der Waals surface area (Å²) in [4.78, 5) is 41.9. The van der Waals surface area contributed by atoms with E-state index in [0.717, 1.165) is 11.3 Å². The minimum Gasteiger partial charge on any atom is -0.444 e. The highest BCUT2D eigenvalue weighted by molar-refractivity contribution is 6.04. The van der Waals surface area contributed by atoms with Gasteiger partial charge in [-0.15, -0.1) is 0 Å². The second-order valence-electron chi connectivity index (χ2n) is 8.95. The molecule has 0 atom stereocenters. The van der Waals surface area contributed by atoms with Crippen LogP contribution in [0.1, 0.15) is 31.3 Å². The van der Waals surface area contributed by atoms with Crippen LogP contribution in [0.5, 0.6) is 0 Å². The molecule has 1 saturated heterocycles. The lowest BCUT2D eigenvalue weighted by atomic mass is 10.1. The fraction of sp³-hybridized carbons (Fsp3) is 0.320. The van der Waals surface area contributed by atoms with Gasteiger partial charge in [-0.2, -0.15) is 0 Å². The highest BCUT2D eigenvalue weighted by Gasteiger charge is 2.27. The molecule has 4 heterocycles. The van der Waals surface area contributed by atoms with Crippen molar-refractivity contribution in [1.82, 2.24) is 19.9 Å². The number of carbonyl (C=O) groups is 2. The molecule has 4 rings (SSSR count). The van der Waals surface area contributed by atoms with Gasteiger partial charge in [0.05, 0.1) is 23.3 Å². The molecule has 1 fully saturated rings. The number of amides is 2. The first-order valence-corrected chi connectivity index (χ1v) is 11.2. The predicted octanol–water partition coefficient (Wildman–Crippen LogP) is 3.85. The standard InChI is InChI=1S/C25H28N6O3/c1-25(2,3)34-24(33)31-15-13-30(14-16-31)22-9-12-27-17-21(22)29-23(32)20-6-4-5-19(28-20)18-7-10-26-11-8-18/h4-12,17H,13-16H2,1-3H3,(H,29,32). The monoisotopic (exact) mass is 460 g/mol. The van der Waals surface area contributed by atoms with E-state index >= 15 is 0 Å². The molecule has 176 valence electrons. The molecule has 2 amide bonds. The van der Waals surface area contributed by atoms with Crippen LogP contribution in [0.3, 0.4) is 0 Å². The van der Waals surface area contributed by atoms with Gasteiger partial charge in [-0.3, -0.25) is 14.8 Å². The number of nitrogens with zero attached hydrogens (tertiary/aromatic N) is 5. The average Bonchev–Trinajstić information content (AvgIpc) is 2.84. The van der Waals surface area contributed by atoms with Crippen molar-refractivity contribution >= 4 is 23.4 Å². The summed E-state index contributed by atoms with van der Waals surface area (Å²) in [6, 6.07) is 10.9. The van der Waals surface area contributed by atoms with Crippen molar-refractivity contribution in [2.75, 3.05) is 36.4 Å². The number of pyridine rings is 3. The number of rotatable bonds is 4. The Kier molecular flexibility index (Phi) is 6.72. The fourth-order valence-corrected chi connectivity index (χ4v) is 3.65. The summed E-state index contributed by atoms with van der Waals surface area (Å²) in [5.41, 5.74) is 2.79. The number of ether oxygens (including phenoxy) is 1. The van der Waals surface area contributed by atoms with Crippen molar-refractivity contribution < 1.29 is 14.3 Å². The van der Waals surface area contributed by atoms with Crippen LogP contribution < -0.4 is 10.2 Å². The summed E-state index contributed by atoms with van der Waals surface area (Å²) in [5, 5.41) is 2.94. The van der Waals surface area contributed by atoms with E-state index in [1.807, 2.05) is 45.0 Å². The Morgan fingerprint density at radius 3 is 2.35 bits per heavy atom. The van der Waals surface area contributed by atoms with Gasteiger partial charge in [0.25, 0.3) is 5.91 Å². The Bertz CT molecular complexity index is 1150. The minimum atomic E-state index is -0.528. The first-order valence-electron chi connectivity index (χ1n) is 11.2. The van der Waals surface area contributed by atoms with E-state index in [9.17, 15) is 9.59 Å². The molecule has 1 aliphatic heterocycles. The normalized spacial score (nSPS) is 14.0. The molecule has 1 N–H and O–H groups in total. The zero-order valence-electron chi connectivity index (χ0n) is 19.6. The summed E-state index contributed by atoms with van der Waals surface area (Å²) in [6.45, 7) is 7.85. The number of nitrogens with one attached hydrogen (secondary N) is 1. The maximum atomic E-state index is 13.0. The third-order valence-electron chi connectivity index (χ3n) is 5.28. The molecule has 0 unspecified atom stereocenters. The van der Waals surface area contributed by atoms with Gasteiger partial charge in [0.1, 0.15) is 11.3 Å². The molecule has 1 aliphatic rings. The van der Waals surface area contributed by atoms with E-state index in [1.165, 1.54) is 0 Å². The number of hydrogen-bond donors (Lipinski definition) is 1. The summed E-state index contributed by atoms with van der Waals surface area (Å²) in [5.74, 6) is -0.322. The van der Waals surface area contributed by atoms with E-state index in [2.05, 4.69) is 25.2 Å². The average molecular weight is 461 g/mol. The second kappa shape index (κ2) is 9.86. The lowest BCUT2D eigenvalue weighted by Gasteiger charge is -2.37. The van der Waals surface area contributed by atoms with Crippen molar-refractivity contribution in [3.8, 4) is 11.3 Å². The summed E-state index contributed by atoms with van der Waals surface area (Å²) in [7, 11) is 0. The van der Waals surface area contributed by atoms with Crippen LogP contribution in [0.15, 0.2) is 61.2 Å². The molecular weight excluding hydrogens is 432 g/mol. The SMILES string of the molecule is CC(C)(C)OC(=O)N1CCN(c2ccncc2NC(=O)c2cccc(-c3ccncc3)n2)CC1. The van der Waals surface area contributed by atoms with Gasteiger partial charge in [0, 0.05) is 50.3 Å². The van der Waals surface area contributed by atoms with Crippen LogP contribution in [0.4, 0.5) is 16.2 Å². The molecule has 0 saturated carbocycles. The van der Waals surface area contributed by atoms with Crippen LogP contribution in [-0.2, 0) is 4.74 Å². The van der Waals surface area contributed by atoms with Crippen molar-refractivity contribution in [2.45, 2.75) is 26.4 Å². The van der Waals surface area contributed by atoms with E-state index in [-0.39, 0.29) is 12.0 Å². The molecule has 34 heavy (non-hydrogen) atoms. The molecule has 0 aliphatic carbocycles. The van der Waals surface area contributed by atoms with Crippen molar-refractivity contribution in [3.63, 3.8) is 0 Å². The number of anilines is 2. The van der Waals surface area contributed by atoms with Crippen LogP contribution >= 0.6 is 0 Å². The number of carbonyl (C=O) groups excluding carboxylic acids is 2. The van der Waals surface area contributed by atoms with E-state index in [1.54, 1.807) is 41.8 Å². The highest BCUT2D eigenvalue weighted by Crippen LogP contribution is 2.27. The number of aromatic nitrogens is 3. The molecule has 0 radical (unpaired) electrons. The first kappa shape index (κ1) is 23.2. The topological polar surface area (TPSA) is 101 Å². The Hall–Kier alpha value is -4.01. The minimum absolute atomic E-state index is 0.305. The fourth-order valence-electron chi connectivity index (χ4n) is 3.65. The summed E-state index contributed by atoms with van der Waals surface area (Å²) in [6.07, 6.45) is 6.38. The van der Waals surface area contributed by atoms with Crippen molar-refractivity contribution in [2.24, 2.45) is 0 Å². The first-order chi connectivity index (χ1) is 16.3. The van der Waals surface area contributed by atoms with Gasteiger partial charge in [0.15, 0.2) is 0 Å². The molecular formula is C25H28N6O3. The van der Waals surface area contributed by atoms with Gasteiger partial charge in [-0.25, -0.2) is 9.78 Å². The summed E-state index contributed by atoms with van der Waals surface area (Å²) >= 11 is 0. The van der Waals surface area contributed by atoms with Gasteiger partial charge in [-0.1, -0.05) is 6.07 Å². The third-order valence-corrected chi connectivity index (χ3v) is 5.28. The number of hydrogen-bond acceptors (Lipinski definition) is 7. The maximum absolute atomic E-state index is 13.0. The quantitative estimate of drug-likeness (QED) is 0.631. The Labute approximate surface area is 198 Å². The third kappa shape index (κ3) is 5.67. The lowest BCUT2D eigenvalue weighted by Crippen LogP contribution is -2.50. The molecule has 9 heteroatoms. The van der Waals surface area contributed by atoms with E-state index in [4.69, 9.17) is 4.74 Å². The van der Waals surface area contributed by atoms with Crippen LogP contribution in [0, 0.1) is 0 Å². The zero-order chi connectivity index (χ0) is 24.1. The zero-order valence-corrected chi connectivity index (χ0v) is 19.6. The smallest absolute Gasteiger partial charge is 0.410 e. The largest absolute Gasteiger partial charge is 0.444 e. The van der Waals surface area contributed by atoms with Crippen LogP contribution in [-0.4, -0.2) is 63.6 Å². The van der Waals surface area contributed by atoms with Gasteiger partial charge in [-0.05, 0) is 51.1 Å². The molecule has 0 bridgehead atoms. The predicted molar refractivity (Wildman–Crippen MR) is 130 cm³/mol. The molecule has 0 aromatic carbocycles. The van der Waals surface area contributed by atoms with Crippen molar-refractivity contribution in [3.05, 3.63) is 66.9 Å². The van der Waals surface area contributed by atoms with Crippen molar-refractivity contribution in [1.29, 1.82) is 0 Å². The van der Waals surface area contributed by atoms with Crippen LogP contribution in [0.25, 0.3) is 11.3 Å². The van der Waals surface area contributed by atoms with Gasteiger partial charge < -0.3 is 19.9 Å². The maximum Gasteiger partial charge on any atom is 0.410 e. The Morgan fingerprint density at radius 1 is 0.941 bits per heavy atom. The second-order valence-corrected chi connectivity index (χ2v) is 8.95. The lowest BCUT2D eigenvalue weighted by molar-refractivity contribution is 0.0240. The molecule has 0 spiro atoms. The van der Waals surface area contributed by atoms with Gasteiger partial charge in [0.2, 0.25) is 0 Å². The Balaban J connectivity index is 1.45. The van der Waals surface area contributed by atoms with Gasteiger partial charge >= 0.3 is 6.09 Å². The Morgan fingerprint density at radius 2 is 1.65 bits per heavy atom. The molecule has 3 aromatic heterocycles. The molecule has 9 nitrogen and oxygen atoms in total. The van der Waals surface area contributed by atoms with E-state index in [0.29, 0.717) is 43.3 Å². The number of piperazine rings is 1. The highest BCUT2D eigenvalue weighted by atomic mass is 16.6. The summed E-state index contributed by atoms with van der Waals surface area (Å²) < 4.78 is 5.48. The molecule has 3 aromatic rings. The van der Waals surface area contributed by atoms with E-state index < -0.39 is 5.60 Å².